The molecular formula is C20H33N3O3S. The van der Waals surface area contributed by atoms with Gasteiger partial charge in [-0.25, -0.2) is 0 Å². The van der Waals surface area contributed by atoms with E-state index in [1.165, 1.54) is 11.3 Å². The van der Waals surface area contributed by atoms with Gasteiger partial charge in [0.05, 0.1) is 11.3 Å². The van der Waals surface area contributed by atoms with Crippen LogP contribution in [-0.2, 0) is 16.0 Å². The van der Waals surface area contributed by atoms with Crippen molar-refractivity contribution < 1.29 is 14.7 Å². The number of nitrogens with zero attached hydrogens (tertiary/aromatic N) is 2. The number of rotatable bonds is 9. The molecular weight excluding hydrogens is 362 g/mol. The molecule has 1 aromatic rings. The number of amides is 1. The van der Waals surface area contributed by atoms with Gasteiger partial charge < -0.3 is 10.4 Å². The first-order valence-corrected chi connectivity index (χ1v) is 10.8. The number of hydrogen-bond acceptors (Lipinski definition) is 5. The molecule has 1 aliphatic rings. The fraction of sp³-hybridized carbons (Fsp3) is 0.800. The predicted octanol–water partition coefficient (Wildman–Crippen LogP) is 4.91. The van der Waals surface area contributed by atoms with Crippen LogP contribution < -0.4 is 5.32 Å². The zero-order valence-corrected chi connectivity index (χ0v) is 17.8. The Hall–Kier alpha value is -1.50. The van der Waals surface area contributed by atoms with Crippen molar-refractivity contribution in [2.75, 3.05) is 5.32 Å². The van der Waals surface area contributed by atoms with Gasteiger partial charge in [-0.1, -0.05) is 58.3 Å². The molecule has 6 nitrogen and oxygen atoms in total. The van der Waals surface area contributed by atoms with Crippen LogP contribution in [0.25, 0.3) is 0 Å². The number of aromatic nitrogens is 2. The molecule has 0 radical (unpaired) electrons. The Balaban J connectivity index is 2.06. The van der Waals surface area contributed by atoms with Gasteiger partial charge in [0.1, 0.15) is 5.01 Å². The second kappa shape index (κ2) is 9.13. The van der Waals surface area contributed by atoms with Crippen molar-refractivity contribution in [1.82, 2.24) is 10.2 Å². The lowest BCUT2D eigenvalue weighted by Gasteiger charge is -2.30. The molecule has 1 aromatic heterocycles. The van der Waals surface area contributed by atoms with E-state index in [9.17, 15) is 14.7 Å². The molecule has 0 aliphatic heterocycles. The molecule has 27 heavy (non-hydrogen) atoms. The van der Waals surface area contributed by atoms with Crippen LogP contribution in [0.2, 0.25) is 0 Å². The lowest BCUT2D eigenvalue weighted by molar-refractivity contribution is -0.144. The Bertz CT molecular complexity index is 645. The van der Waals surface area contributed by atoms with E-state index in [-0.39, 0.29) is 11.3 Å². The minimum Gasteiger partial charge on any atom is -0.481 e. The van der Waals surface area contributed by atoms with Crippen LogP contribution in [-0.4, -0.2) is 27.2 Å². The summed E-state index contributed by atoms with van der Waals surface area (Å²) in [6.07, 6.45) is 7.12. The zero-order valence-electron chi connectivity index (χ0n) is 17.0. The summed E-state index contributed by atoms with van der Waals surface area (Å²) in [7, 11) is 0. The van der Waals surface area contributed by atoms with Crippen LogP contribution in [0.5, 0.6) is 0 Å². The van der Waals surface area contributed by atoms with Gasteiger partial charge >= 0.3 is 5.97 Å². The Kier molecular flexibility index (Phi) is 7.37. The fourth-order valence-corrected chi connectivity index (χ4v) is 4.59. The highest BCUT2D eigenvalue weighted by molar-refractivity contribution is 7.15. The lowest BCUT2D eigenvalue weighted by Crippen LogP contribution is -2.37. The third kappa shape index (κ3) is 6.26. The summed E-state index contributed by atoms with van der Waals surface area (Å²) in [5.74, 6) is -1.34. The van der Waals surface area contributed by atoms with E-state index in [4.69, 9.17) is 0 Å². The van der Waals surface area contributed by atoms with Crippen molar-refractivity contribution in [3.05, 3.63) is 5.01 Å². The van der Waals surface area contributed by atoms with Gasteiger partial charge in [-0.3, -0.25) is 9.59 Å². The van der Waals surface area contributed by atoms with Gasteiger partial charge in [-0.05, 0) is 43.9 Å². The summed E-state index contributed by atoms with van der Waals surface area (Å²) in [6.45, 7) is 8.50. The van der Waals surface area contributed by atoms with E-state index in [0.717, 1.165) is 50.0 Å². The summed E-state index contributed by atoms with van der Waals surface area (Å²) in [5.41, 5.74) is -0.400. The largest absolute Gasteiger partial charge is 0.481 e. The maximum atomic E-state index is 13.1. The summed E-state index contributed by atoms with van der Waals surface area (Å²) in [5, 5.41) is 22.1. The van der Waals surface area contributed by atoms with Crippen LogP contribution in [0.4, 0.5) is 5.13 Å². The molecule has 0 aromatic carbocycles. The van der Waals surface area contributed by atoms with Crippen molar-refractivity contribution in [2.45, 2.75) is 85.5 Å². The van der Waals surface area contributed by atoms with E-state index in [2.05, 4.69) is 36.3 Å². The highest BCUT2D eigenvalue weighted by Gasteiger charge is 2.44. The van der Waals surface area contributed by atoms with Crippen LogP contribution in [0, 0.1) is 16.7 Å². The second-order valence-corrected chi connectivity index (χ2v) is 10.1. The summed E-state index contributed by atoms with van der Waals surface area (Å²) in [4.78, 5) is 24.9. The van der Waals surface area contributed by atoms with E-state index < -0.39 is 17.3 Å². The van der Waals surface area contributed by atoms with Crippen LogP contribution in [0.1, 0.15) is 84.1 Å². The van der Waals surface area contributed by atoms with Gasteiger partial charge in [0.15, 0.2) is 0 Å². The quantitative estimate of drug-likeness (QED) is 0.620. The van der Waals surface area contributed by atoms with Gasteiger partial charge in [0, 0.05) is 0 Å². The van der Waals surface area contributed by atoms with E-state index >= 15 is 0 Å². The Morgan fingerprint density at radius 3 is 2.44 bits per heavy atom. The summed E-state index contributed by atoms with van der Waals surface area (Å²) < 4.78 is 0. The molecule has 1 atom stereocenters. The normalized spacial score (nSPS) is 17.6. The van der Waals surface area contributed by atoms with Crippen LogP contribution in [0.15, 0.2) is 0 Å². The number of carbonyl (C=O) groups excluding carboxylic acids is 1. The summed E-state index contributed by atoms with van der Waals surface area (Å²) >= 11 is 1.39. The first kappa shape index (κ1) is 21.8. The molecule has 1 amide bonds. The van der Waals surface area contributed by atoms with Crippen molar-refractivity contribution in [1.29, 1.82) is 0 Å². The molecule has 7 heteroatoms. The van der Waals surface area contributed by atoms with Crippen molar-refractivity contribution in [3.63, 3.8) is 0 Å². The van der Waals surface area contributed by atoms with Gasteiger partial charge in [0.2, 0.25) is 11.0 Å². The van der Waals surface area contributed by atoms with E-state index in [0.29, 0.717) is 18.0 Å². The SMILES string of the molecule is CCc1nnc(NC(=O)C2(C[C@@H](CCCC(C)(C)C)C(=O)O)CCCC2)s1. The molecule has 1 heterocycles. The number of aliphatic carboxylic acids is 1. The predicted molar refractivity (Wildman–Crippen MR) is 108 cm³/mol. The molecule has 2 N–H and O–H groups in total. The van der Waals surface area contributed by atoms with Gasteiger partial charge in [0.25, 0.3) is 0 Å². The number of anilines is 1. The number of hydrogen-bond donors (Lipinski definition) is 2. The minimum absolute atomic E-state index is 0.0825. The minimum atomic E-state index is -0.785. The smallest absolute Gasteiger partial charge is 0.306 e. The number of nitrogens with one attached hydrogen (secondary N) is 1. The molecule has 152 valence electrons. The molecule has 0 saturated heterocycles. The first-order chi connectivity index (χ1) is 12.6. The monoisotopic (exact) mass is 395 g/mol. The Morgan fingerprint density at radius 1 is 1.26 bits per heavy atom. The topological polar surface area (TPSA) is 92.2 Å². The number of aryl methyl sites for hydroxylation is 1. The maximum Gasteiger partial charge on any atom is 0.306 e. The van der Waals surface area contributed by atoms with Crippen molar-refractivity contribution in [3.8, 4) is 0 Å². The third-order valence-corrected chi connectivity index (χ3v) is 6.48. The molecule has 1 aliphatic carbocycles. The molecule has 1 saturated carbocycles. The lowest BCUT2D eigenvalue weighted by atomic mass is 9.75. The Labute approximate surface area is 166 Å². The highest BCUT2D eigenvalue weighted by atomic mass is 32.1. The molecule has 2 rings (SSSR count). The standard InChI is InChI=1S/C20H33N3O3S/c1-5-15-22-23-18(27-15)21-17(26)20(11-6-7-12-20)13-14(16(24)25)9-8-10-19(2,3)4/h14H,5-13H2,1-4H3,(H,24,25)(H,21,23,26)/t14-/m1/s1. The van der Waals surface area contributed by atoms with Crippen LogP contribution >= 0.6 is 11.3 Å². The highest BCUT2D eigenvalue weighted by Crippen LogP contribution is 2.45. The number of carboxylic acid groups (broad SMARTS) is 1. The third-order valence-electron chi connectivity index (χ3n) is 5.50. The van der Waals surface area contributed by atoms with Gasteiger partial charge in [-0.15, -0.1) is 10.2 Å². The average molecular weight is 396 g/mol. The van der Waals surface area contributed by atoms with E-state index in [1.807, 2.05) is 6.92 Å². The molecule has 1 fully saturated rings. The zero-order chi connectivity index (χ0) is 20.1. The van der Waals surface area contributed by atoms with Crippen LogP contribution in [0.3, 0.4) is 0 Å². The number of carboxylic acids is 1. The fourth-order valence-electron chi connectivity index (χ4n) is 3.92. The summed E-state index contributed by atoms with van der Waals surface area (Å²) in [6, 6.07) is 0. The first-order valence-electron chi connectivity index (χ1n) is 10.0. The van der Waals surface area contributed by atoms with E-state index in [1.54, 1.807) is 0 Å². The molecule has 0 unspecified atom stereocenters. The van der Waals surface area contributed by atoms with Crippen molar-refractivity contribution in [2.24, 2.45) is 16.7 Å². The number of carbonyl (C=O) groups is 2. The Morgan fingerprint density at radius 2 is 1.93 bits per heavy atom. The van der Waals surface area contributed by atoms with Gasteiger partial charge in [-0.2, -0.15) is 0 Å². The average Bonchev–Trinajstić information content (AvgIpc) is 3.22. The second-order valence-electron chi connectivity index (χ2n) is 8.99. The molecule has 0 spiro atoms. The molecule has 0 bridgehead atoms. The van der Waals surface area contributed by atoms with Crippen molar-refractivity contribution >= 4 is 28.3 Å². The maximum absolute atomic E-state index is 13.1.